The quantitative estimate of drug-likeness (QED) is 0.531. The summed E-state index contributed by atoms with van der Waals surface area (Å²) in [5.74, 6) is 0.708. The van der Waals surface area contributed by atoms with Crippen molar-refractivity contribution >= 4 is 56.9 Å². The zero-order valence-electron chi connectivity index (χ0n) is 11.6. The number of aromatic amines is 1. The summed E-state index contributed by atoms with van der Waals surface area (Å²) in [5.41, 5.74) is 4.34. The molecule has 0 unspecified atom stereocenters. The van der Waals surface area contributed by atoms with E-state index in [4.69, 9.17) is 23.2 Å². The van der Waals surface area contributed by atoms with Gasteiger partial charge in [-0.3, -0.25) is 0 Å². The number of anilines is 2. The lowest BCUT2D eigenvalue weighted by atomic mass is 10.3. The van der Waals surface area contributed by atoms with Crippen molar-refractivity contribution in [1.82, 2.24) is 19.5 Å². The summed E-state index contributed by atoms with van der Waals surface area (Å²) in [6.07, 6.45) is 1.85. The first-order valence-corrected chi connectivity index (χ1v) is 7.40. The lowest BCUT2D eigenvalue weighted by Crippen LogP contribution is -1.98. The molecule has 1 aromatic carbocycles. The van der Waals surface area contributed by atoms with Crippen molar-refractivity contribution in [1.29, 1.82) is 0 Å². The number of hydrogen-bond acceptors (Lipinski definition) is 3. The van der Waals surface area contributed by atoms with Gasteiger partial charge in [-0.2, -0.15) is 0 Å². The first kappa shape index (κ1) is 13.4. The molecule has 0 saturated carbocycles. The minimum atomic E-state index is 0.451. The highest BCUT2D eigenvalue weighted by Gasteiger charge is 2.11. The van der Waals surface area contributed by atoms with Gasteiger partial charge in [0, 0.05) is 18.3 Å². The van der Waals surface area contributed by atoms with E-state index >= 15 is 0 Å². The highest BCUT2D eigenvalue weighted by Crippen LogP contribution is 2.28. The normalized spacial score (nSPS) is 11.4. The molecule has 5 nitrogen and oxygen atoms in total. The van der Waals surface area contributed by atoms with Crippen LogP contribution in [0.2, 0.25) is 10.2 Å². The van der Waals surface area contributed by atoms with Gasteiger partial charge in [-0.15, -0.1) is 0 Å². The van der Waals surface area contributed by atoms with Crippen LogP contribution in [0.1, 0.15) is 0 Å². The van der Waals surface area contributed by atoms with Crippen molar-refractivity contribution in [3.8, 4) is 0 Å². The van der Waals surface area contributed by atoms with Gasteiger partial charge < -0.3 is 14.9 Å². The molecule has 7 heteroatoms. The van der Waals surface area contributed by atoms with E-state index in [9.17, 15) is 0 Å². The van der Waals surface area contributed by atoms with Gasteiger partial charge in [0.25, 0.3) is 0 Å². The number of nitrogens with one attached hydrogen (secondary N) is 2. The van der Waals surface area contributed by atoms with E-state index < -0.39 is 0 Å². The number of rotatable bonds is 2. The lowest BCUT2D eigenvalue weighted by Gasteiger charge is -2.04. The summed E-state index contributed by atoms with van der Waals surface area (Å²) < 4.78 is 1.97. The van der Waals surface area contributed by atoms with Crippen LogP contribution in [0.15, 0.2) is 36.5 Å². The lowest BCUT2D eigenvalue weighted by molar-refractivity contribution is 0.958. The Morgan fingerprint density at radius 2 is 2.00 bits per heavy atom. The summed E-state index contributed by atoms with van der Waals surface area (Å²) in [4.78, 5) is 12.1. The van der Waals surface area contributed by atoms with Crippen LogP contribution in [0, 0.1) is 0 Å². The second-order valence-electron chi connectivity index (χ2n) is 4.98. The zero-order chi connectivity index (χ0) is 15.3. The van der Waals surface area contributed by atoms with Crippen LogP contribution in [-0.4, -0.2) is 19.5 Å². The fourth-order valence-electron chi connectivity index (χ4n) is 2.48. The zero-order valence-corrected chi connectivity index (χ0v) is 13.1. The number of imidazole rings is 1. The van der Waals surface area contributed by atoms with E-state index in [-0.39, 0.29) is 0 Å². The van der Waals surface area contributed by atoms with Crippen LogP contribution in [0.4, 0.5) is 11.6 Å². The smallest absolute Gasteiger partial charge is 0.208 e. The van der Waals surface area contributed by atoms with Gasteiger partial charge in [0.1, 0.15) is 10.7 Å². The molecule has 0 fully saturated rings. The predicted molar refractivity (Wildman–Crippen MR) is 90.1 cm³/mol. The summed E-state index contributed by atoms with van der Waals surface area (Å²) in [6.45, 7) is 0. The third kappa shape index (κ3) is 2.10. The molecular weight excluding hydrogens is 321 g/mol. The molecule has 0 saturated heterocycles. The molecule has 0 bridgehead atoms. The van der Waals surface area contributed by atoms with Crippen molar-refractivity contribution in [3.05, 3.63) is 46.7 Å². The minimum absolute atomic E-state index is 0.451. The topological polar surface area (TPSA) is 58.5 Å². The van der Waals surface area contributed by atoms with Crippen LogP contribution in [0.5, 0.6) is 0 Å². The first-order chi connectivity index (χ1) is 10.6. The van der Waals surface area contributed by atoms with Crippen LogP contribution < -0.4 is 5.32 Å². The molecule has 0 atom stereocenters. The molecule has 0 aliphatic heterocycles. The third-order valence-electron chi connectivity index (χ3n) is 3.58. The average Bonchev–Trinajstić information content (AvgIpc) is 3.01. The summed E-state index contributed by atoms with van der Waals surface area (Å²) >= 11 is 12.0. The maximum atomic E-state index is 6.02. The van der Waals surface area contributed by atoms with Crippen molar-refractivity contribution in [3.63, 3.8) is 0 Å². The number of halogens is 2. The highest BCUT2D eigenvalue weighted by atomic mass is 35.5. The molecule has 22 heavy (non-hydrogen) atoms. The van der Waals surface area contributed by atoms with Gasteiger partial charge in [0.15, 0.2) is 0 Å². The molecular formula is C15H11Cl2N5. The molecule has 2 N–H and O–H groups in total. The Morgan fingerprint density at radius 1 is 1.14 bits per heavy atom. The molecule has 0 aliphatic rings. The Kier molecular flexibility index (Phi) is 2.99. The van der Waals surface area contributed by atoms with E-state index in [1.54, 1.807) is 6.07 Å². The van der Waals surface area contributed by atoms with Crippen LogP contribution >= 0.6 is 23.2 Å². The standard InChI is InChI=1S/C15H11Cl2N5/c1-22-12-4-2-8(16)6-10(12)19-15(22)20-11-7-18-9-3-5-13(17)21-14(9)11/h2-7,18H,1H3,(H,19,20). The molecule has 4 rings (SSSR count). The van der Waals surface area contributed by atoms with E-state index in [1.807, 2.05) is 42.1 Å². The number of nitrogens with zero attached hydrogens (tertiary/aromatic N) is 3. The molecule has 3 heterocycles. The number of hydrogen-bond donors (Lipinski definition) is 2. The summed E-state index contributed by atoms with van der Waals surface area (Å²) in [7, 11) is 1.95. The fourth-order valence-corrected chi connectivity index (χ4v) is 2.79. The number of benzene rings is 1. The highest BCUT2D eigenvalue weighted by molar-refractivity contribution is 6.31. The van der Waals surface area contributed by atoms with Gasteiger partial charge in [-0.25, -0.2) is 9.97 Å². The molecule has 3 aromatic heterocycles. The van der Waals surface area contributed by atoms with Crippen LogP contribution in [-0.2, 0) is 7.05 Å². The van der Waals surface area contributed by atoms with E-state index in [1.165, 1.54) is 0 Å². The molecule has 4 aromatic rings. The van der Waals surface area contributed by atoms with Crippen molar-refractivity contribution in [2.24, 2.45) is 7.05 Å². The SMILES string of the molecule is Cn1c(Nc2c[nH]c3ccc(Cl)nc23)nc2cc(Cl)ccc21. The Bertz CT molecular complexity index is 1000. The van der Waals surface area contributed by atoms with Crippen molar-refractivity contribution in [2.75, 3.05) is 5.32 Å². The number of aryl methyl sites for hydroxylation is 1. The van der Waals surface area contributed by atoms with E-state index in [2.05, 4.69) is 20.3 Å². The van der Waals surface area contributed by atoms with Crippen molar-refractivity contribution in [2.45, 2.75) is 0 Å². The van der Waals surface area contributed by atoms with Gasteiger partial charge in [-0.05, 0) is 30.3 Å². The number of H-pyrrole nitrogens is 1. The fraction of sp³-hybridized carbons (Fsp3) is 0.0667. The van der Waals surface area contributed by atoms with E-state index in [0.717, 1.165) is 27.8 Å². The summed E-state index contributed by atoms with van der Waals surface area (Å²) in [6, 6.07) is 9.28. The molecule has 0 spiro atoms. The van der Waals surface area contributed by atoms with Crippen molar-refractivity contribution < 1.29 is 0 Å². The Morgan fingerprint density at radius 3 is 2.86 bits per heavy atom. The van der Waals surface area contributed by atoms with Gasteiger partial charge >= 0.3 is 0 Å². The number of pyridine rings is 1. The van der Waals surface area contributed by atoms with Crippen LogP contribution in [0.3, 0.4) is 0 Å². The maximum Gasteiger partial charge on any atom is 0.208 e. The molecule has 0 aliphatic carbocycles. The third-order valence-corrected chi connectivity index (χ3v) is 4.02. The number of fused-ring (bicyclic) bond motifs is 2. The largest absolute Gasteiger partial charge is 0.358 e. The molecule has 0 radical (unpaired) electrons. The van der Waals surface area contributed by atoms with Gasteiger partial charge in [0.2, 0.25) is 5.95 Å². The second-order valence-corrected chi connectivity index (χ2v) is 5.81. The minimum Gasteiger partial charge on any atom is -0.358 e. The average molecular weight is 332 g/mol. The van der Waals surface area contributed by atoms with E-state index in [0.29, 0.717) is 16.1 Å². The molecule has 110 valence electrons. The maximum absolute atomic E-state index is 6.02. The van der Waals surface area contributed by atoms with Gasteiger partial charge in [-0.1, -0.05) is 23.2 Å². The second kappa shape index (κ2) is 4.90. The molecule has 0 amide bonds. The number of aromatic nitrogens is 4. The Balaban J connectivity index is 1.82. The Labute approximate surface area is 135 Å². The predicted octanol–water partition coefficient (Wildman–Crippen LogP) is 4.50. The van der Waals surface area contributed by atoms with Crippen LogP contribution in [0.25, 0.3) is 22.1 Å². The monoisotopic (exact) mass is 331 g/mol. The first-order valence-electron chi connectivity index (χ1n) is 6.64. The summed E-state index contributed by atoms with van der Waals surface area (Å²) in [5, 5.41) is 4.40. The Hall–Kier alpha value is -2.24. The van der Waals surface area contributed by atoms with Gasteiger partial charge in [0.05, 0.1) is 22.2 Å².